The van der Waals surface area contributed by atoms with E-state index in [-0.39, 0.29) is 0 Å². The molecule has 4 aliphatic rings. The van der Waals surface area contributed by atoms with Crippen LogP contribution in [0.3, 0.4) is 0 Å². The highest BCUT2D eigenvalue weighted by Gasteiger charge is 2.32. The van der Waals surface area contributed by atoms with E-state index in [1.165, 1.54) is 44.0 Å². The summed E-state index contributed by atoms with van der Waals surface area (Å²) in [6, 6.07) is 9.45. The maximum atomic E-state index is 4.55. The molecule has 4 fully saturated rings. The first-order valence-corrected chi connectivity index (χ1v) is 9.96. The summed E-state index contributed by atoms with van der Waals surface area (Å²) in [6.07, 6.45) is 0. The van der Waals surface area contributed by atoms with Gasteiger partial charge >= 0.3 is 0 Å². The fourth-order valence-corrected chi connectivity index (χ4v) is 4.46. The summed E-state index contributed by atoms with van der Waals surface area (Å²) >= 11 is 0. The van der Waals surface area contributed by atoms with Gasteiger partial charge in [0.2, 0.25) is 0 Å². The average Bonchev–Trinajstić information content (AvgIpc) is 2.70. The fourth-order valence-electron chi connectivity index (χ4n) is 4.46. The average molecular weight is 357 g/mol. The van der Waals surface area contributed by atoms with E-state index in [2.05, 4.69) is 61.1 Å². The molecule has 1 unspecified atom stereocenters. The predicted octanol–water partition coefficient (Wildman–Crippen LogP) is 0.692. The van der Waals surface area contributed by atoms with Crippen molar-refractivity contribution in [1.29, 1.82) is 0 Å². The Labute approximate surface area is 157 Å². The van der Waals surface area contributed by atoms with Crippen LogP contribution in [0.2, 0.25) is 0 Å². The number of aliphatic imine (C=N–C) groups is 1. The Bertz CT molecular complexity index is 629. The first-order chi connectivity index (χ1) is 12.7. The summed E-state index contributed by atoms with van der Waals surface area (Å²) in [5.74, 6) is 1.06. The Morgan fingerprint density at radius 1 is 1.08 bits per heavy atom. The SMILES string of the molecule is CN=C(NCC1CN2CCN1CC2)N1CCN(c2cccc(C)c2)CC1. The van der Waals surface area contributed by atoms with E-state index in [1.54, 1.807) is 0 Å². The number of aryl methyl sites for hydroxylation is 1. The number of guanidine groups is 1. The minimum atomic E-state index is 0.628. The molecule has 0 aromatic heterocycles. The van der Waals surface area contributed by atoms with Gasteiger partial charge in [0.15, 0.2) is 5.96 Å². The first-order valence-electron chi connectivity index (χ1n) is 9.96. The highest BCUT2D eigenvalue weighted by atomic mass is 15.4. The largest absolute Gasteiger partial charge is 0.368 e. The molecular weight excluding hydrogens is 324 g/mol. The summed E-state index contributed by atoms with van der Waals surface area (Å²) in [6.45, 7) is 13.4. The molecule has 4 saturated heterocycles. The number of fused-ring (bicyclic) bond motifs is 3. The van der Waals surface area contributed by atoms with Crippen LogP contribution in [0.15, 0.2) is 29.3 Å². The third-order valence-electron chi connectivity index (χ3n) is 6.05. The number of hydrogen-bond donors (Lipinski definition) is 1. The van der Waals surface area contributed by atoms with E-state index in [9.17, 15) is 0 Å². The normalized spacial score (nSPS) is 29.2. The highest BCUT2D eigenvalue weighted by molar-refractivity contribution is 5.80. The van der Waals surface area contributed by atoms with Gasteiger partial charge < -0.3 is 15.1 Å². The monoisotopic (exact) mass is 356 g/mol. The van der Waals surface area contributed by atoms with Crippen LogP contribution in [0.5, 0.6) is 0 Å². The lowest BCUT2D eigenvalue weighted by Gasteiger charge is -2.48. The van der Waals surface area contributed by atoms with Gasteiger partial charge in [-0.2, -0.15) is 0 Å². The second-order valence-electron chi connectivity index (χ2n) is 7.73. The molecule has 26 heavy (non-hydrogen) atoms. The van der Waals surface area contributed by atoms with Crippen molar-refractivity contribution in [3.63, 3.8) is 0 Å². The van der Waals surface area contributed by atoms with Crippen molar-refractivity contribution in [2.75, 3.05) is 77.4 Å². The van der Waals surface area contributed by atoms with Crippen molar-refractivity contribution < 1.29 is 0 Å². The third kappa shape index (κ3) is 3.81. The number of nitrogens with one attached hydrogen (secondary N) is 1. The Morgan fingerprint density at radius 3 is 2.46 bits per heavy atom. The quantitative estimate of drug-likeness (QED) is 0.637. The Hall–Kier alpha value is -1.79. The van der Waals surface area contributed by atoms with Gasteiger partial charge in [-0.1, -0.05) is 12.1 Å². The second-order valence-corrected chi connectivity index (χ2v) is 7.73. The Kier molecular flexibility index (Phi) is 5.31. The van der Waals surface area contributed by atoms with Gasteiger partial charge in [0.05, 0.1) is 0 Å². The van der Waals surface area contributed by atoms with Crippen molar-refractivity contribution in [3.05, 3.63) is 29.8 Å². The van der Waals surface area contributed by atoms with E-state index in [4.69, 9.17) is 0 Å². The Balaban J connectivity index is 1.28. The summed E-state index contributed by atoms with van der Waals surface area (Å²) in [5, 5.41) is 3.65. The van der Waals surface area contributed by atoms with Gasteiger partial charge in [-0.3, -0.25) is 14.8 Å². The molecule has 0 spiro atoms. The lowest BCUT2D eigenvalue weighted by atomic mass is 10.1. The summed E-state index contributed by atoms with van der Waals surface area (Å²) in [5.41, 5.74) is 2.67. The lowest BCUT2D eigenvalue weighted by molar-refractivity contribution is 0.0152. The van der Waals surface area contributed by atoms with Crippen LogP contribution in [-0.2, 0) is 0 Å². The van der Waals surface area contributed by atoms with Gasteiger partial charge in [0.1, 0.15) is 0 Å². The first kappa shape index (κ1) is 17.6. The maximum Gasteiger partial charge on any atom is 0.193 e. The molecule has 0 radical (unpaired) electrons. The highest BCUT2D eigenvalue weighted by Crippen LogP contribution is 2.18. The number of nitrogens with zero attached hydrogens (tertiary/aromatic N) is 5. The van der Waals surface area contributed by atoms with Crippen molar-refractivity contribution in [2.24, 2.45) is 4.99 Å². The smallest absolute Gasteiger partial charge is 0.193 e. The molecule has 0 amide bonds. The zero-order valence-corrected chi connectivity index (χ0v) is 16.2. The molecule has 6 nitrogen and oxygen atoms in total. The van der Waals surface area contributed by atoms with Gasteiger partial charge in [0.25, 0.3) is 0 Å². The molecule has 5 rings (SSSR count). The standard InChI is InChI=1S/C20H32N6/c1-17-4-3-5-18(14-17)24-10-12-26(13-11-24)20(21-2)22-15-19-16-23-6-8-25(19)9-7-23/h3-5,14,19H,6-13,15-16H2,1-2H3,(H,21,22). The number of anilines is 1. The van der Waals surface area contributed by atoms with E-state index in [0.717, 1.165) is 38.7 Å². The van der Waals surface area contributed by atoms with Crippen LogP contribution in [0.25, 0.3) is 0 Å². The van der Waals surface area contributed by atoms with Crippen LogP contribution in [-0.4, -0.2) is 99.2 Å². The van der Waals surface area contributed by atoms with E-state index >= 15 is 0 Å². The van der Waals surface area contributed by atoms with Crippen molar-refractivity contribution in [3.8, 4) is 0 Å². The van der Waals surface area contributed by atoms with E-state index < -0.39 is 0 Å². The maximum absolute atomic E-state index is 4.55. The minimum Gasteiger partial charge on any atom is -0.368 e. The molecule has 4 aliphatic heterocycles. The second kappa shape index (κ2) is 7.84. The number of hydrogen-bond acceptors (Lipinski definition) is 4. The van der Waals surface area contributed by atoms with Gasteiger partial charge in [-0.25, -0.2) is 0 Å². The molecule has 1 atom stereocenters. The lowest BCUT2D eigenvalue weighted by Crippen LogP contribution is -2.64. The molecule has 6 heteroatoms. The molecule has 0 aliphatic carbocycles. The third-order valence-corrected chi connectivity index (χ3v) is 6.05. The van der Waals surface area contributed by atoms with Crippen LogP contribution in [0.4, 0.5) is 5.69 Å². The molecule has 0 saturated carbocycles. The van der Waals surface area contributed by atoms with Crippen LogP contribution in [0.1, 0.15) is 5.56 Å². The van der Waals surface area contributed by atoms with E-state index in [0.29, 0.717) is 6.04 Å². The number of benzene rings is 1. The number of rotatable bonds is 3. The summed E-state index contributed by atoms with van der Waals surface area (Å²) in [7, 11) is 1.91. The molecule has 2 bridgehead atoms. The minimum absolute atomic E-state index is 0.628. The summed E-state index contributed by atoms with van der Waals surface area (Å²) < 4.78 is 0. The van der Waals surface area contributed by atoms with Crippen molar-refractivity contribution in [1.82, 2.24) is 20.0 Å². The van der Waals surface area contributed by atoms with Crippen LogP contribution in [0, 0.1) is 6.92 Å². The van der Waals surface area contributed by atoms with Gasteiger partial charge in [0, 0.05) is 84.2 Å². The van der Waals surface area contributed by atoms with E-state index in [1.807, 2.05) is 7.05 Å². The topological polar surface area (TPSA) is 37.4 Å². The molecular formula is C20H32N6. The van der Waals surface area contributed by atoms with Crippen molar-refractivity contribution >= 4 is 11.6 Å². The molecule has 1 N–H and O–H groups in total. The molecule has 1 aromatic carbocycles. The summed E-state index contributed by atoms with van der Waals surface area (Å²) in [4.78, 5) is 14.7. The van der Waals surface area contributed by atoms with Crippen LogP contribution >= 0.6 is 0 Å². The van der Waals surface area contributed by atoms with Crippen LogP contribution < -0.4 is 10.2 Å². The predicted molar refractivity (Wildman–Crippen MR) is 108 cm³/mol. The van der Waals surface area contributed by atoms with Crippen molar-refractivity contribution in [2.45, 2.75) is 13.0 Å². The number of piperazine rings is 4. The van der Waals surface area contributed by atoms with Gasteiger partial charge in [-0.15, -0.1) is 0 Å². The zero-order valence-electron chi connectivity index (χ0n) is 16.2. The molecule has 4 heterocycles. The zero-order chi connectivity index (χ0) is 17.9. The molecule has 142 valence electrons. The Morgan fingerprint density at radius 2 is 1.85 bits per heavy atom. The van der Waals surface area contributed by atoms with Gasteiger partial charge in [-0.05, 0) is 24.6 Å². The fraction of sp³-hybridized carbons (Fsp3) is 0.650. The molecule has 1 aromatic rings.